The number of fused-ring (bicyclic) bond motifs is 6. The summed E-state index contributed by atoms with van der Waals surface area (Å²) in [4.78, 5) is 0. The molecule has 0 heterocycles. The highest BCUT2D eigenvalue weighted by Gasteiger charge is 2.21. The molecule has 0 aliphatic carbocycles. The van der Waals surface area contributed by atoms with Crippen molar-refractivity contribution in [2.24, 2.45) is 17.8 Å². The summed E-state index contributed by atoms with van der Waals surface area (Å²) in [5, 5.41) is 6.55. The zero-order valence-electron chi connectivity index (χ0n) is 35.4. The highest BCUT2D eigenvalue weighted by molar-refractivity contribution is 6.26. The molecule has 0 amide bonds. The molecule has 4 rings (SSSR count). The van der Waals surface area contributed by atoms with Crippen molar-refractivity contribution in [3.05, 3.63) is 36.4 Å². The Hall–Kier alpha value is -3.54. The number of hydrogen-bond donors (Lipinski definition) is 0. The first-order chi connectivity index (χ1) is 26.3. The lowest BCUT2D eigenvalue weighted by molar-refractivity contribution is 0.232. The van der Waals surface area contributed by atoms with E-state index in [-0.39, 0.29) is 0 Å². The molecule has 3 atom stereocenters. The molecule has 0 radical (unpaired) electrons. The fourth-order valence-corrected chi connectivity index (χ4v) is 6.35. The van der Waals surface area contributed by atoms with Gasteiger partial charge in [-0.05, 0) is 106 Å². The van der Waals surface area contributed by atoms with Crippen LogP contribution in [0, 0.1) is 17.8 Å². The second kappa shape index (κ2) is 22.7. The summed E-state index contributed by atoms with van der Waals surface area (Å²) in [6.07, 6.45) is 13.0. The molecule has 0 bridgehead atoms. The van der Waals surface area contributed by atoms with Crippen LogP contribution in [0.3, 0.4) is 0 Å². The summed E-state index contributed by atoms with van der Waals surface area (Å²) in [7, 11) is 0. The van der Waals surface area contributed by atoms with E-state index >= 15 is 0 Å². The van der Waals surface area contributed by atoms with E-state index in [9.17, 15) is 0 Å². The summed E-state index contributed by atoms with van der Waals surface area (Å²) in [5.41, 5.74) is 0. The largest absolute Gasteiger partial charge is 0.490 e. The number of unbranched alkanes of at least 4 members (excludes halogenated alkanes) is 6. The Bertz CT molecular complexity index is 1480. The third kappa shape index (κ3) is 12.0. The Kier molecular flexibility index (Phi) is 18.2. The van der Waals surface area contributed by atoms with Crippen LogP contribution in [0.4, 0.5) is 0 Å². The van der Waals surface area contributed by atoms with Crippen LogP contribution in [0.25, 0.3) is 32.3 Å². The van der Waals surface area contributed by atoms with E-state index in [2.05, 4.69) is 98.7 Å². The Labute approximate surface area is 327 Å². The van der Waals surface area contributed by atoms with Crippen molar-refractivity contribution in [1.82, 2.24) is 0 Å². The van der Waals surface area contributed by atoms with Gasteiger partial charge in [0.25, 0.3) is 0 Å². The van der Waals surface area contributed by atoms with Gasteiger partial charge in [0.1, 0.15) is 0 Å². The third-order valence-electron chi connectivity index (χ3n) is 10.8. The summed E-state index contributed by atoms with van der Waals surface area (Å²) in [6, 6.07) is 13.2. The van der Waals surface area contributed by atoms with Crippen molar-refractivity contribution < 1.29 is 28.4 Å². The molecular formula is C48H72O6. The van der Waals surface area contributed by atoms with Gasteiger partial charge in [-0.2, -0.15) is 0 Å². The van der Waals surface area contributed by atoms with Gasteiger partial charge in [-0.25, -0.2) is 0 Å². The van der Waals surface area contributed by atoms with Crippen molar-refractivity contribution in [2.75, 3.05) is 39.6 Å². The van der Waals surface area contributed by atoms with E-state index in [1.54, 1.807) is 0 Å². The minimum absolute atomic E-state index is 0.427. The molecule has 300 valence electrons. The van der Waals surface area contributed by atoms with Crippen LogP contribution in [0.1, 0.15) is 139 Å². The molecule has 0 aromatic heterocycles. The molecule has 0 fully saturated rings. The van der Waals surface area contributed by atoms with Crippen LogP contribution in [0.2, 0.25) is 0 Å². The second-order valence-electron chi connectivity index (χ2n) is 15.7. The first kappa shape index (κ1) is 43.2. The Morgan fingerprint density at radius 3 is 0.759 bits per heavy atom. The molecule has 4 aromatic rings. The lowest BCUT2D eigenvalue weighted by atomic mass is 9.93. The number of ether oxygens (including phenoxy) is 6. The fraction of sp³-hybridized carbons (Fsp3) is 0.625. The predicted molar refractivity (Wildman–Crippen MR) is 229 cm³/mol. The predicted octanol–water partition coefficient (Wildman–Crippen LogP) is 14.1. The van der Waals surface area contributed by atoms with Gasteiger partial charge in [0.2, 0.25) is 0 Å². The third-order valence-corrected chi connectivity index (χ3v) is 10.8. The SMILES string of the molecule is CCCCCOc1cc2c(cc1OC[C@@H](C)CC)c1cc(OCCCCC)c(OC[C@@H](C)CC)cc1c1cc(OCCCCC)c(OC[C@@H](C)CC)cc21. The number of rotatable bonds is 27. The number of benzene rings is 4. The molecule has 0 unspecified atom stereocenters. The maximum atomic E-state index is 6.60. The second-order valence-corrected chi connectivity index (χ2v) is 15.7. The highest BCUT2D eigenvalue weighted by atomic mass is 16.5. The maximum Gasteiger partial charge on any atom is 0.161 e. The van der Waals surface area contributed by atoms with Crippen LogP contribution >= 0.6 is 0 Å². The summed E-state index contributed by atoms with van der Waals surface area (Å²) >= 11 is 0. The van der Waals surface area contributed by atoms with Crippen molar-refractivity contribution >= 4 is 32.3 Å². The highest BCUT2D eigenvalue weighted by Crippen LogP contribution is 2.47. The summed E-state index contributed by atoms with van der Waals surface area (Å²) < 4.78 is 39.5. The summed E-state index contributed by atoms with van der Waals surface area (Å²) in [5.74, 6) is 5.99. The van der Waals surface area contributed by atoms with Gasteiger partial charge in [0.05, 0.1) is 39.6 Å². The topological polar surface area (TPSA) is 55.4 Å². The lowest BCUT2D eigenvalue weighted by Crippen LogP contribution is -2.10. The molecule has 4 aromatic carbocycles. The van der Waals surface area contributed by atoms with Crippen LogP contribution in [0.15, 0.2) is 36.4 Å². The molecule has 0 saturated carbocycles. The van der Waals surface area contributed by atoms with Crippen molar-refractivity contribution in [2.45, 2.75) is 139 Å². The van der Waals surface area contributed by atoms with Crippen LogP contribution < -0.4 is 28.4 Å². The van der Waals surface area contributed by atoms with E-state index in [0.717, 1.165) is 144 Å². The van der Waals surface area contributed by atoms with Crippen LogP contribution in [-0.4, -0.2) is 39.6 Å². The normalized spacial score (nSPS) is 13.3. The van der Waals surface area contributed by atoms with Gasteiger partial charge in [0, 0.05) is 0 Å². The van der Waals surface area contributed by atoms with Crippen molar-refractivity contribution in [1.29, 1.82) is 0 Å². The Morgan fingerprint density at radius 2 is 0.556 bits per heavy atom. The van der Waals surface area contributed by atoms with E-state index in [1.807, 2.05) is 0 Å². The molecule has 0 aliphatic heterocycles. The molecular weight excluding hydrogens is 673 g/mol. The monoisotopic (exact) mass is 745 g/mol. The molecule has 0 saturated heterocycles. The smallest absolute Gasteiger partial charge is 0.161 e. The van der Waals surface area contributed by atoms with E-state index in [1.165, 1.54) is 0 Å². The summed E-state index contributed by atoms with van der Waals surface area (Å²) in [6.45, 7) is 23.8. The van der Waals surface area contributed by atoms with E-state index in [4.69, 9.17) is 28.4 Å². The minimum atomic E-state index is 0.427. The van der Waals surface area contributed by atoms with Crippen LogP contribution in [0.5, 0.6) is 34.5 Å². The molecule has 6 heteroatoms. The van der Waals surface area contributed by atoms with Gasteiger partial charge in [-0.1, -0.05) is 120 Å². The van der Waals surface area contributed by atoms with Gasteiger partial charge >= 0.3 is 0 Å². The van der Waals surface area contributed by atoms with E-state index in [0.29, 0.717) is 57.4 Å². The van der Waals surface area contributed by atoms with Gasteiger partial charge in [-0.15, -0.1) is 0 Å². The number of hydrogen-bond acceptors (Lipinski definition) is 6. The molecule has 0 N–H and O–H groups in total. The van der Waals surface area contributed by atoms with E-state index < -0.39 is 0 Å². The van der Waals surface area contributed by atoms with Gasteiger partial charge in [-0.3, -0.25) is 0 Å². The molecule has 54 heavy (non-hydrogen) atoms. The minimum Gasteiger partial charge on any atom is -0.490 e. The Morgan fingerprint density at radius 1 is 0.333 bits per heavy atom. The standard InChI is InChI=1S/C48H72O6/c1-10-16-19-22-49-43-25-37-40(28-46(43)52-31-34(7)13-4)38-26-44(50-23-20-17-11-2)48(54-33-36(9)15-6)30-42(38)39-27-45(51-24-21-18-12-3)47(29-41(37)39)53-32-35(8)14-5/h25-30,34-36H,10-24,31-33H2,1-9H3/t34-,35-,36-/m0/s1. The average Bonchev–Trinajstić information content (AvgIpc) is 3.19. The Balaban J connectivity index is 2.05. The average molecular weight is 745 g/mol. The lowest BCUT2D eigenvalue weighted by Gasteiger charge is -2.21. The van der Waals surface area contributed by atoms with Crippen LogP contribution in [-0.2, 0) is 0 Å². The first-order valence-corrected chi connectivity index (χ1v) is 21.6. The van der Waals surface area contributed by atoms with Crippen molar-refractivity contribution in [3.63, 3.8) is 0 Å². The van der Waals surface area contributed by atoms with Crippen molar-refractivity contribution in [3.8, 4) is 34.5 Å². The zero-order valence-corrected chi connectivity index (χ0v) is 35.4. The molecule has 0 spiro atoms. The molecule has 0 aliphatic rings. The zero-order chi connectivity index (χ0) is 38.9. The maximum absolute atomic E-state index is 6.60. The molecule has 6 nitrogen and oxygen atoms in total. The van der Waals surface area contributed by atoms with Gasteiger partial charge in [0.15, 0.2) is 34.5 Å². The van der Waals surface area contributed by atoms with Gasteiger partial charge < -0.3 is 28.4 Å². The fourth-order valence-electron chi connectivity index (χ4n) is 6.35. The first-order valence-electron chi connectivity index (χ1n) is 21.6. The quantitative estimate of drug-likeness (QED) is 0.0448.